The van der Waals surface area contributed by atoms with Gasteiger partial charge in [-0.25, -0.2) is 0 Å². The second-order valence-electron chi connectivity index (χ2n) is 5.51. The highest BCUT2D eigenvalue weighted by molar-refractivity contribution is 5.91. The fourth-order valence-corrected chi connectivity index (χ4v) is 2.53. The molecule has 0 amide bonds. The molecule has 4 heteroatoms. The van der Waals surface area contributed by atoms with E-state index in [1.807, 2.05) is 0 Å². The van der Waals surface area contributed by atoms with Crippen LogP contribution in [0.5, 0.6) is 0 Å². The van der Waals surface area contributed by atoms with Crippen LogP contribution in [0.2, 0.25) is 0 Å². The maximum atomic E-state index is 11.1. The van der Waals surface area contributed by atoms with Crippen LogP contribution in [0.25, 0.3) is 0 Å². The zero-order valence-corrected chi connectivity index (χ0v) is 11.5. The molecule has 0 atom stereocenters. The van der Waals surface area contributed by atoms with Crippen LogP contribution in [-0.4, -0.2) is 35.0 Å². The average molecular weight is 250 g/mol. The van der Waals surface area contributed by atoms with Crippen LogP contribution in [0.1, 0.15) is 49.9 Å². The van der Waals surface area contributed by atoms with E-state index in [1.165, 1.54) is 19.8 Å². The van der Waals surface area contributed by atoms with Crippen molar-refractivity contribution in [2.24, 2.45) is 5.92 Å². The summed E-state index contributed by atoms with van der Waals surface area (Å²) >= 11 is 0. The molecule has 2 heterocycles. The zero-order chi connectivity index (χ0) is 13.1. The number of aromatic nitrogens is 1. The van der Waals surface area contributed by atoms with Crippen molar-refractivity contribution in [1.82, 2.24) is 10.1 Å². The number of carbonyl (C=O) groups is 1. The topological polar surface area (TPSA) is 46.3 Å². The molecule has 0 bridgehead atoms. The van der Waals surface area contributed by atoms with Gasteiger partial charge < -0.3 is 9.42 Å². The fraction of sp³-hybridized carbons (Fsp3) is 0.714. The van der Waals surface area contributed by atoms with Gasteiger partial charge in [-0.1, -0.05) is 5.16 Å². The second kappa shape index (κ2) is 5.65. The predicted octanol–water partition coefficient (Wildman–Crippen LogP) is 2.54. The molecule has 1 fully saturated rings. The predicted molar refractivity (Wildman–Crippen MR) is 69.6 cm³/mol. The molecular formula is C14H22N2O2. The lowest BCUT2D eigenvalue weighted by Crippen LogP contribution is -2.38. The number of hydrogen-bond acceptors (Lipinski definition) is 4. The number of carbonyl (C=O) groups excluding carboxylic acids is 1. The molecule has 1 aromatic heterocycles. The van der Waals surface area contributed by atoms with Gasteiger partial charge in [-0.3, -0.25) is 4.79 Å². The van der Waals surface area contributed by atoms with Crippen molar-refractivity contribution >= 4 is 5.78 Å². The van der Waals surface area contributed by atoms with Gasteiger partial charge >= 0.3 is 0 Å². The molecule has 0 aliphatic carbocycles. The molecule has 1 saturated heterocycles. The minimum absolute atomic E-state index is 0.0281. The van der Waals surface area contributed by atoms with E-state index in [1.54, 1.807) is 6.07 Å². The van der Waals surface area contributed by atoms with E-state index >= 15 is 0 Å². The van der Waals surface area contributed by atoms with Gasteiger partial charge in [0, 0.05) is 25.5 Å². The van der Waals surface area contributed by atoms with Gasteiger partial charge in [0.1, 0.15) is 11.5 Å². The summed E-state index contributed by atoms with van der Waals surface area (Å²) in [5.74, 6) is 1.48. The number of ketones is 1. The molecule has 18 heavy (non-hydrogen) atoms. The molecule has 0 N–H and O–H groups in total. The van der Waals surface area contributed by atoms with Gasteiger partial charge in [0.15, 0.2) is 5.78 Å². The quantitative estimate of drug-likeness (QED) is 0.770. The molecule has 100 valence electrons. The van der Waals surface area contributed by atoms with Gasteiger partial charge in [-0.2, -0.15) is 0 Å². The summed E-state index contributed by atoms with van der Waals surface area (Å²) in [6.07, 6.45) is 3.31. The molecule has 1 aromatic rings. The highest BCUT2D eigenvalue weighted by Gasteiger charge is 2.22. The number of nitrogens with zero attached hydrogens (tertiary/aromatic N) is 2. The summed E-state index contributed by atoms with van der Waals surface area (Å²) < 4.78 is 5.22. The molecule has 1 aliphatic heterocycles. The third-order valence-electron chi connectivity index (χ3n) is 3.79. The highest BCUT2D eigenvalue weighted by atomic mass is 16.5. The summed E-state index contributed by atoms with van der Waals surface area (Å²) in [6.45, 7) is 8.33. The van der Waals surface area contributed by atoms with Gasteiger partial charge in [-0.15, -0.1) is 0 Å². The lowest BCUT2D eigenvalue weighted by molar-refractivity contribution is 0.100. The third-order valence-corrected chi connectivity index (χ3v) is 3.79. The van der Waals surface area contributed by atoms with E-state index in [0.717, 1.165) is 25.3 Å². The van der Waals surface area contributed by atoms with Crippen LogP contribution < -0.4 is 0 Å². The summed E-state index contributed by atoms with van der Waals surface area (Å²) in [4.78, 5) is 13.7. The molecular weight excluding hydrogens is 228 g/mol. The Hall–Kier alpha value is -1.16. The van der Waals surface area contributed by atoms with Crippen molar-refractivity contribution in [1.29, 1.82) is 0 Å². The summed E-state index contributed by atoms with van der Waals surface area (Å²) in [6, 6.07) is 2.43. The SMILES string of the molecule is CC(=O)c1cc(CC2CCN(C(C)C)CC2)on1. The van der Waals surface area contributed by atoms with E-state index in [-0.39, 0.29) is 5.78 Å². The Kier molecular flexibility index (Phi) is 4.17. The van der Waals surface area contributed by atoms with Crippen molar-refractivity contribution in [3.63, 3.8) is 0 Å². The molecule has 0 saturated carbocycles. The van der Waals surface area contributed by atoms with Crippen molar-refractivity contribution in [3.05, 3.63) is 17.5 Å². The van der Waals surface area contributed by atoms with Crippen LogP contribution in [0.15, 0.2) is 10.6 Å². The monoisotopic (exact) mass is 250 g/mol. The Morgan fingerprint density at radius 1 is 1.50 bits per heavy atom. The van der Waals surface area contributed by atoms with Gasteiger partial charge in [0.2, 0.25) is 0 Å². The smallest absolute Gasteiger partial charge is 0.181 e. The number of hydrogen-bond donors (Lipinski definition) is 0. The first-order valence-corrected chi connectivity index (χ1v) is 6.77. The number of piperidine rings is 1. The lowest BCUT2D eigenvalue weighted by atomic mass is 9.92. The molecule has 1 aliphatic rings. The fourth-order valence-electron chi connectivity index (χ4n) is 2.53. The largest absolute Gasteiger partial charge is 0.361 e. The van der Waals surface area contributed by atoms with Gasteiger partial charge in [0.05, 0.1) is 0 Å². The van der Waals surface area contributed by atoms with Crippen molar-refractivity contribution < 1.29 is 9.32 Å². The first-order valence-electron chi connectivity index (χ1n) is 6.77. The van der Waals surface area contributed by atoms with Crippen molar-refractivity contribution in [2.45, 2.75) is 46.1 Å². The highest BCUT2D eigenvalue weighted by Crippen LogP contribution is 2.23. The van der Waals surface area contributed by atoms with Crippen molar-refractivity contribution in [2.75, 3.05) is 13.1 Å². The van der Waals surface area contributed by atoms with Crippen LogP contribution in [0, 0.1) is 5.92 Å². The van der Waals surface area contributed by atoms with Crippen LogP contribution in [0.4, 0.5) is 0 Å². The normalized spacial score (nSPS) is 18.4. The van der Waals surface area contributed by atoms with Gasteiger partial charge in [0.25, 0.3) is 0 Å². The Labute approximate surface area is 108 Å². The summed E-state index contributed by atoms with van der Waals surface area (Å²) in [5.41, 5.74) is 0.449. The van der Waals surface area contributed by atoms with Crippen LogP contribution >= 0.6 is 0 Å². The maximum Gasteiger partial charge on any atom is 0.181 e. The molecule has 4 nitrogen and oxygen atoms in total. The molecule has 2 rings (SSSR count). The Bertz CT molecular complexity index is 404. The first kappa shape index (κ1) is 13.3. The minimum Gasteiger partial charge on any atom is -0.361 e. The maximum absolute atomic E-state index is 11.1. The minimum atomic E-state index is -0.0281. The van der Waals surface area contributed by atoms with E-state index in [9.17, 15) is 4.79 Å². The number of rotatable bonds is 4. The number of likely N-dealkylation sites (tertiary alicyclic amines) is 1. The number of Topliss-reactive ketones (excluding diaryl/α,β-unsaturated/α-hetero) is 1. The van der Waals surface area contributed by atoms with E-state index in [0.29, 0.717) is 17.7 Å². The second-order valence-corrected chi connectivity index (χ2v) is 5.51. The average Bonchev–Trinajstić information content (AvgIpc) is 2.78. The molecule has 0 aromatic carbocycles. The van der Waals surface area contributed by atoms with E-state index in [4.69, 9.17) is 4.52 Å². The molecule has 0 unspecified atom stereocenters. The Morgan fingerprint density at radius 3 is 2.67 bits per heavy atom. The third kappa shape index (κ3) is 3.19. The Morgan fingerprint density at radius 2 is 2.17 bits per heavy atom. The molecule has 0 spiro atoms. The standard InChI is InChI=1S/C14H22N2O2/c1-10(2)16-6-4-12(5-7-16)8-13-9-14(11(3)17)15-18-13/h9-10,12H,4-8H2,1-3H3. The van der Waals surface area contributed by atoms with E-state index < -0.39 is 0 Å². The summed E-state index contributed by atoms with van der Waals surface area (Å²) in [5, 5.41) is 3.79. The van der Waals surface area contributed by atoms with Gasteiger partial charge in [-0.05, 0) is 45.7 Å². The Balaban J connectivity index is 1.85. The van der Waals surface area contributed by atoms with Crippen LogP contribution in [0.3, 0.4) is 0 Å². The summed E-state index contributed by atoms with van der Waals surface area (Å²) in [7, 11) is 0. The van der Waals surface area contributed by atoms with Crippen LogP contribution in [-0.2, 0) is 6.42 Å². The van der Waals surface area contributed by atoms with Crippen molar-refractivity contribution in [3.8, 4) is 0 Å². The lowest BCUT2D eigenvalue weighted by Gasteiger charge is -2.34. The first-order chi connectivity index (χ1) is 8.56. The zero-order valence-electron chi connectivity index (χ0n) is 11.5. The van der Waals surface area contributed by atoms with E-state index in [2.05, 4.69) is 23.9 Å². The molecule has 0 radical (unpaired) electrons.